The van der Waals surface area contributed by atoms with E-state index in [2.05, 4.69) is 5.48 Å². The molecular weight excluding hydrogens is 503 g/mol. The number of carbonyl (C=O) groups is 2. The summed E-state index contributed by atoms with van der Waals surface area (Å²) in [6.07, 6.45) is -6.09. The number of nitrogens with zero attached hydrogens (tertiary/aromatic N) is 2. The quantitative estimate of drug-likeness (QED) is 0.540. The Morgan fingerprint density at radius 2 is 2.00 bits per heavy atom. The summed E-state index contributed by atoms with van der Waals surface area (Å²) in [5, 5.41) is 7.47. The zero-order chi connectivity index (χ0) is 25.5. The lowest BCUT2D eigenvalue weighted by molar-refractivity contribution is -0.189. The van der Waals surface area contributed by atoms with E-state index in [1.165, 1.54) is 6.92 Å². The number of sulfone groups is 1. The number of amides is 1. The topological polar surface area (TPSA) is 126 Å². The Hall–Kier alpha value is -2.56. The molecule has 3 atom stereocenters. The fourth-order valence-electron chi connectivity index (χ4n) is 3.41. The number of nitrogens with one attached hydrogen (secondary N) is 1. The molecule has 1 aromatic rings. The lowest BCUT2D eigenvalue weighted by Gasteiger charge is -2.21. The van der Waals surface area contributed by atoms with Gasteiger partial charge < -0.3 is 14.5 Å². The van der Waals surface area contributed by atoms with Crippen LogP contribution in [0.3, 0.4) is 0 Å². The number of rotatable bonds is 7. The van der Waals surface area contributed by atoms with Gasteiger partial charge in [0.2, 0.25) is 5.91 Å². The zero-order valence-corrected chi connectivity index (χ0v) is 19.6. The maximum absolute atomic E-state index is 13.2. The van der Waals surface area contributed by atoms with Crippen LogP contribution in [-0.4, -0.2) is 60.8 Å². The van der Waals surface area contributed by atoms with Gasteiger partial charge in [-0.1, -0.05) is 11.6 Å². The van der Waals surface area contributed by atoms with Crippen LogP contribution in [0.1, 0.15) is 33.1 Å². The van der Waals surface area contributed by atoms with Gasteiger partial charge in [-0.3, -0.25) is 4.79 Å². The highest BCUT2D eigenvalue weighted by Crippen LogP contribution is 2.36. The predicted octanol–water partition coefficient (Wildman–Crippen LogP) is 2.54. The number of hydrogen-bond acceptors (Lipinski definition) is 8. The molecule has 1 saturated carbocycles. The van der Waals surface area contributed by atoms with E-state index in [9.17, 15) is 31.2 Å². The Labute approximate surface area is 198 Å². The molecule has 3 rings (SSSR count). The van der Waals surface area contributed by atoms with E-state index in [4.69, 9.17) is 26.4 Å². The fourth-order valence-corrected chi connectivity index (χ4v) is 5.64. The number of nitriles is 1. The second-order valence-electron chi connectivity index (χ2n) is 8.20. The van der Waals surface area contributed by atoms with Gasteiger partial charge in [-0.15, -0.1) is 5.48 Å². The molecule has 2 fully saturated rings. The normalized spacial score (nSPS) is 22.6. The number of hydroxylamine groups is 1. The molecule has 0 radical (unpaired) electrons. The summed E-state index contributed by atoms with van der Waals surface area (Å²) < 4.78 is 69.3. The average Bonchev–Trinajstić information content (AvgIpc) is 3.37. The van der Waals surface area contributed by atoms with Crippen LogP contribution in [0.2, 0.25) is 5.02 Å². The molecule has 0 spiro atoms. The molecule has 0 bridgehead atoms. The van der Waals surface area contributed by atoms with Crippen molar-refractivity contribution in [3.05, 3.63) is 23.2 Å². The van der Waals surface area contributed by atoms with E-state index in [0.29, 0.717) is 12.8 Å². The summed E-state index contributed by atoms with van der Waals surface area (Å²) in [6, 6.07) is 3.78. The number of halogens is 4. The van der Waals surface area contributed by atoms with Crippen molar-refractivity contribution in [1.29, 1.82) is 5.26 Å². The van der Waals surface area contributed by atoms with Gasteiger partial charge in [-0.05, 0) is 38.3 Å². The molecule has 1 heterocycles. The summed E-state index contributed by atoms with van der Waals surface area (Å²) in [7, 11) is -4.20. The molecule has 1 amide bonds. The number of hydrogen-bond donors (Lipinski definition) is 1. The minimum atomic E-state index is -4.62. The molecule has 1 aliphatic carbocycles. The van der Waals surface area contributed by atoms with Crippen LogP contribution in [0.5, 0.6) is 5.75 Å². The molecular formula is C20H21ClF3N3O6S. The lowest BCUT2D eigenvalue weighted by Crippen LogP contribution is -2.44. The average molecular weight is 524 g/mol. The van der Waals surface area contributed by atoms with E-state index in [0.717, 1.165) is 30.0 Å². The Balaban J connectivity index is 1.77. The summed E-state index contributed by atoms with van der Waals surface area (Å²) in [6.45, 7) is 1.64. The van der Waals surface area contributed by atoms with Gasteiger partial charge in [-0.25, -0.2) is 13.2 Å². The molecule has 34 heavy (non-hydrogen) atoms. The Morgan fingerprint density at radius 3 is 2.50 bits per heavy atom. The molecule has 2 aliphatic rings. The van der Waals surface area contributed by atoms with Crippen LogP contribution >= 0.6 is 11.6 Å². The van der Waals surface area contributed by atoms with Crippen molar-refractivity contribution in [3.8, 4) is 11.8 Å². The zero-order valence-electron chi connectivity index (χ0n) is 18.1. The molecule has 14 heteroatoms. The van der Waals surface area contributed by atoms with E-state index in [1.54, 1.807) is 0 Å². The SMILES string of the molecule is CC(=O)N1CC(S(=O)(=O)c2ccc(OC(C)C(F)(F)F)cc2Cl)C[C@H]1C(=O)ONC1(C#N)CC1. The maximum atomic E-state index is 13.2. The third-order valence-corrected chi connectivity index (χ3v) is 8.29. The van der Waals surface area contributed by atoms with Gasteiger partial charge in [0, 0.05) is 19.5 Å². The second kappa shape index (κ2) is 9.24. The van der Waals surface area contributed by atoms with E-state index >= 15 is 0 Å². The van der Waals surface area contributed by atoms with Crippen molar-refractivity contribution < 1.29 is 40.8 Å². The molecule has 9 nitrogen and oxygen atoms in total. The van der Waals surface area contributed by atoms with Crippen LogP contribution in [0, 0.1) is 11.3 Å². The molecule has 2 unspecified atom stereocenters. The van der Waals surface area contributed by atoms with Gasteiger partial charge in [-0.2, -0.15) is 18.4 Å². The number of ether oxygens (including phenoxy) is 1. The first kappa shape index (κ1) is 26.1. The molecule has 0 aromatic heterocycles. The molecule has 1 saturated heterocycles. The smallest absolute Gasteiger partial charge is 0.425 e. The number of alkyl halides is 3. The van der Waals surface area contributed by atoms with Gasteiger partial charge in [0.1, 0.15) is 17.3 Å². The van der Waals surface area contributed by atoms with Crippen molar-refractivity contribution >= 4 is 33.3 Å². The van der Waals surface area contributed by atoms with Crippen molar-refractivity contribution in [2.24, 2.45) is 0 Å². The largest absolute Gasteiger partial charge is 0.481 e. The maximum Gasteiger partial charge on any atom is 0.425 e. The second-order valence-corrected chi connectivity index (χ2v) is 10.8. The van der Waals surface area contributed by atoms with E-state index in [1.807, 2.05) is 6.07 Å². The van der Waals surface area contributed by atoms with Crippen molar-refractivity contribution in [2.45, 2.75) is 67.1 Å². The van der Waals surface area contributed by atoms with Gasteiger partial charge in [0.25, 0.3) is 0 Å². The van der Waals surface area contributed by atoms with Crippen LogP contribution in [0.4, 0.5) is 13.2 Å². The number of benzene rings is 1. The third-order valence-electron chi connectivity index (χ3n) is 5.67. The highest BCUT2D eigenvalue weighted by Gasteiger charge is 2.48. The predicted molar refractivity (Wildman–Crippen MR) is 111 cm³/mol. The molecule has 1 N–H and O–H groups in total. The van der Waals surface area contributed by atoms with Gasteiger partial charge in [0.05, 0.1) is 21.2 Å². The van der Waals surface area contributed by atoms with Crippen LogP contribution < -0.4 is 10.2 Å². The van der Waals surface area contributed by atoms with Crippen molar-refractivity contribution in [2.75, 3.05) is 6.54 Å². The van der Waals surface area contributed by atoms with Crippen LogP contribution in [0.15, 0.2) is 23.1 Å². The molecule has 1 aromatic carbocycles. The molecule has 186 valence electrons. The van der Waals surface area contributed by atoms with Crippen LogP contribution in [-0.2, 0) is 24.3 Å². The van der Waals surface area contributed by atoms with Gasteiger partial charge in [0.15, 0.2) is 15.9 Å². The highest BCUT2D eigenvalue weighted by molar-refractivity contribution is 7.92. The van der Waals surface area contributed by atoms with E-state index in [-0.39, 0.29) is 28.6 Å². The standard InChI is InChI=1S/C20H21ClF3N3O6S/c1-11(20(22,23)24)32-13-3-4-17(15(21)7-13)34(30,31)14-8-16(27(9-14)12(2)28)18(29)33-26-19(10-25)5-6-19/h3-4,7,11,14,16,26H,5-6,8-9H2,1-2H3/t11?,14?,16-/m0/s1. The number of carbonyl (C=O) groups excluding carboxylic acids is 2. The third kappa shape index (κ3) is 5.39. The lowest BCUT2D eigenvalue weighted by atomic mass is 10.2. The number of likely N-dealkylation sites (tertiary alicyclic amines) is 1. The van der Waals surface area contributed by atoms with Crippen molar-refractivity contribution in [1.82, 2.24) is 10.4 Å². The fraction of sp³-hybridized carbons (Fsp3) is 0.550. The summed E-state index contributed by atoms with van der Waals surface area (Å²) in [5.41, 5.74) is 1.40. The molecule has 1 aliphatic heterocycles. The monoisotopic (exact) mass is 523 g/mol. The first-order chi connectivity index (χ1) is 15.7. The summed E-state index contributed by atoms with van der Waals surface area (Å²) in [5.74, 6) is -1.74. The van der Waals surface area contributed by atoms with Crippen LogP contribution in [0.25, 0.3) is 0 Å². The minimum Gasteiger partial charge on any atom is -0.481 e. The Morgan fingerprint density at radius 1 is 1.35 bits per heavy atom. The van der Waals surface area contributed by atoms with Crippen molar-refractivity contribution in [3.63, 3.8) is 0 Å². The van der Waals surface area contributed by atoms with Gasteiger partial charge >= 0.3 is 12.1 Å². The van der Waals surface area contributed by atoms with E-state index < -0.39 is 50.8 Å². The Kier molecular flexibility index (Phi) is 7.08. The highest BCUT2D eigenvalue weighted by atomic mass is 35.5. The first-order valence-electron chi connectivity index (χ1n) is 10.1. The minimum absolute atomic E-state index is 0.274. The Bertz CT molecular complexity index is 1130. The summed E-state index contributed by atoms with van der Waals surface area (Å²) in [4.78, 5) is 30.2. The summed E-state index contributed by atoms with van der Waals surface area (Å²) >= 11 is 6.06. The first-order valence-corrected chi connectivity index (χ1v) is 12.1.